The Hall–Kier alpha value is -1.10. The molecule has 21 heavy (non-hydrogen) atoms. The fraction of sp³-hybridized carbons (Fsp3) is 0.467. The second kappa shape index (κ2) is 6.34. The fourth-order valence-electron chi connectivity index (χ4n) is 2.82. The Labute approximate surface area is 133 Å². The minimum absolute atomic E-state index is 0.107. The first-order valence-electron chi connectivity index (χ1n) is 7.16. The van der Waals surface area contributed by atoms with Crippen molar-refractivity contribution in [1.82, 2.24) is 10.1 Å². The Bertz CT molecular complexity index is 609. The number of hydrogen-bond acceptors (Lipinski definition) is 4. The maximum atomic E-state index is 6.17. The highest BCUT2D eigenvalue weighted by atomic mass is 35.5. The molecule has 1 fully saturated rings. The van der Waals surface area contributed by atoms with Crippen LogP contribution in [-0.2, 0) is 6.42 Å². The van der Waals surface area contributed by atoms with Gasteiger partial charge in [-0.05, 0) is 30.5 Å². The van der Waals surface area contributed by atoms with Gasteiger partial charge in [0.15, 0.2) is 5.82 Å². The summed E-state index contributed by atoms with van der Waals surface area (Å²) in [6.07, 6.45) is 4.82. The van der Waals surface area contributed by atoms with Crippen molar-refractivity contribution in [3.63, 3.8) is 0 Å². The van der Waals surface area contributed by atoms with E-state index in [0.29, 0.717) is 28.2 Å². The highest BCUT2D eigenvalue weighted by molar-refractivity contribution is 6.36. The SMILES string of the molecule is NC1CCCCC1c1nc(Cc2c(Cl)cccc2Cl)no1. The van der Waals surface area contributed by atoms with E-state index < -0.39 is 0 Å². The second-order valence-electron chi connectivity index (χ2n) is 5.48. The van der Waals surface area contributed by atoms with Crippen LogP contribution in [-0.4, -0.2) is 16.2 Å². The van der Waals surface area contributed by atoms with E-state index in [1.54, 1.807) is 12.1 Å². The third-order valence-electron chi connectivity index (χ3n) is 4.02. The molecule has 1 aromatic carbocycles. The third kappa shape index (κ3) is 3.23. The average Bonchev–Trinajstić information content (AvgIpc) is 2.92. The van der Waals surface area contributed by atoms with Crippen LogP contribution in [0.2, 0.25) is 10.0 Å². The minimum atomic E-state index is 0.107. The number of nitrogens with zero attached hydrogens (tertiary/aromatic N) is 2. The number of nitrogens with two attached hydrogens (primary N) is 1. The van der Waals surface area contributed by atoms with Crippen molar-refractivity contribution in [2.24, 2.45) is 5.73 Å². The molecule has 0 spiro atoms. The van der Waals surface area contributed by atoms with Crippen molar-refractivity contribution in [3.05, 3.63) is 45.5 Å². The van der Waals surface area contributed by atoms with Crippen molar-refractivity contribution >= 4 is 23.2 Å². The number of halogens is 2. The van der Waals surface area contributed by atoms with Crippen LogP contribution in [0, 0.1) is 0 Å². The molecule has 0 amide bonds. The zero-order valence-electron chi connectivity index (χ0n) is 11.6. The minimum Gasteiger partial charge on any atom is -0.339 e. The Morgan fingerprint density at radius 1 is 1.19 bits per heavy atom. The van der Waals surface area contributed by atoms with Gasteiger partial charge in [-0.15, -0.1) is 0 Å². The van der Waals surface area contributed by atoms with Crippen molar-refractivity contribution < 1.29 is 4.52 Å². The van der Waals surface area contributed by atoms with Crippen LogP contribution in [0.15, 0.2) is 22.7 Å². The van der Waals surface area contributed by atoms with Gasteiger partial charge in [-0.25, -0.2) is 0 Å². The van der Waals surface area contributed by atoms with Crippen molar-refractivity contribution in [1.29, 1.82) is 0 Å². The summed E-state index contributed by atoms with van der Waals surface area (Å²) in [5.41, 5.74) is 6.97. The predicted molar refractivity (Wildman–Crippen MR) is 82.8 cm³/mol. The maximum absolute atomic E-state index is 6.17. The van der Waals surface area contributed by atoms with Crippen molar-refractivity contribution in [2.45, 2.75) is 44.1 Å². The zero-order chi connectivity index (χ0) is 14.8. The lowest BCUT2D eigenvalue weighted by Gasteiger charge is -2.25. The maximum Gasteiger partial charge on any atom is 0.231 e. The molecule has 2 N–H and O–H groups in total. The molecule has 0 aliphatic heterocycles. The molecule has 0 saturated heterocycles. The van der Waals surface area contributed by atoms with E-state index in [0.717, 1.165) is 24.8 Å². The summed E-state index contributed by atoms with van der Waals surface area (Å²) in [5, 5.41) is 5.27. The standard InChI is InChI=1S/C15H17Cl2N3O/c16-11-5-3-6-12(17)10(11)8-14-19-15(21-20-14)9-4-1-2-7-13(9)18/h3,5-6,9,13H,1-2,4,7-8,18H2. The Morgan fingerprint density at radius 2 is 1.90 bits per heavy atom. The monoisotopic (exact) mass is 325 g/mol. The van der Waals surface area contributed by atoms with Crippen molar-refractivity contribution in [3.8, 4) is 0 Å². The van der Waals surface area contributed by atoms with Crippen LogP contribution < -0.4 is 5.73 Å². The largest absolute Gasteiger partial charge is 0.339 e. The van der Waals surface area contributed by atoms with Gasteiger partial charge in [-0.3, -0.25) is 0 Å². The van der Waals surface area contributed by atoms with Gasteiger partial charge in [0, 0.05) is 22.5 Å². The lowest BCUT2D eigenvalue weighted by molar-refractivity contribution is 0.289. The number of hydrogen-bond donors (Lipinski definition) is 1. The van der Waals surface area contributed by atoms with Gasteiger partial charge in [-0.1, -0.05) is 47.3 Å². The molecule has 1 aliphatic rings. The first kappa shape index (κ1) is 14.8. The summed E-state index contributed by atoms with van der Waals surface area (Å²) in [6, 6.07) is 5.54. The van der Waals surface area contributed by atoms with Gasteiger partial charge in [0.05, 0.1) is 5.92 Å². The summed E-state index contributed by atoms with van der Waals surface area (Å²) >= 11 is 12.3. The van der Waals surface area contributed by atoms with E-state index in [4.69, 9.17) is 33.5 Å². The van der Waals surface area contributed by atoms with E-state index in [9.17, 15) is 0 Å². The van der Waals surface area contributed by atoms with Crippen molar-refractivity contribution in [2.75, 3.05) is 0 Å². The molecule has 1 heterocycles. The molecule has 2 atom stereocenters. The Balaban J connectivity index is 1.79. The molecule has 2 aromatic rings. The lowest BCUT2D eigenvalue weighted by Crippen LogP contribution is -2.31. The molecule has 4 nitrogen and oxygen atoms in total. The summed E-state index contributed by atoms with van der Waals surface area (Å²) in [7, 11) is 0. The van der Waals surface area contributed by atoms with Crippen LogP contribution in [0.4, 0.5) is 0 Å². The molecule has 1 saturated carbocycles. The van der Waals surface area contributed by atoms with E-state index in [-0.39, 0.29) is 12.0 Å². The van der Waals surface area contributed by atoms with Gasteiger partial charge >= 0.3 is 0 Å². The van der Waals surface area contributed by atoms with Gasteiger partial charge < -0.3 is 10.3 Å². The van der Waals surface area contributed by atoms with Crippen LogP contribution in [0.5, 0.6) is 0 Å². The molecule has 6 heteroatoms. The van der Waals surface area contributed by atoms with E-state index >= 15 is 0 Å². The quantitative estimate of drug-likeness (QED) is 0.927. The molecule has 1 aromatic heterocycles. The van der Waals surface area contributed by atoms with Crippen LogP contribution in [0.25, 0.3) is 0 Å². The van der Waals surface area contributed by atoms with Crippen LogP contribution in [0.3, 0.4) is 0 Å². The predicted octanol–water partition coefficient (Wildman–Crippen LogP) is 3.95. The molecule has 1 aliphatic carbocycles. The topological polar surface area (TPSA) is 64.9 Å². The van der Waals surface area contributed by atoms with Gasteiger partial charge in [0.25, 0.3) is 0 Å². The summed E-state index contributed by atoms with van der Waals surface area (Å²) in [5.74, 6) is 1.40. The fourth-order valence-corrected chi connectivity index (χ4v) is 3.35. The Kier molecular flexibility index (Phi) is 4.48. The molecule has 2 unspecified atom stereocenters. The summed E-state index contributed by atoms with van der Waals surface area (Å²) < 4.78 is 5.40. The first-order chi connectivity index (χ1) is 10.1. The Morgan fingerprint density at radius 3 is 2.62 bits per heavy atom. The third-order valence-corrected chi connectivity index (χ3v) is 4.73. The summed E-state index contributed by atoms with van der Waals surface area (Å²) in [6.45, 7) is 0. The van der Waals surface area contributed by atoms with Gasteiger partial charge in [-0.2, -0.15) is 4.98 Å². The number of rotatable bonds is 3. The van der Waals surface area contributed by atoms with E-state index in [2.05, 4.69) is 10.1 Å². The van der Waals surface area contributed by atoms with Gasteiger partial charge in [0.1, 0.15) is 0 Å². The van der Waals surface area contributed by atoms with E-state index in [1.807, 2.05) is 6.07 Å². The second-order valence-corrected chi connectivity index (χ2v) is 6.30. The van der Waals surface area contributed by atoms with Crippen LogP contribution in [0.1, 0.15) is 48.9 Å². The molecular weight excluding hydrogens is 309 g/mol. The smallest absolute Gasteiger partial charge is 0.231 e. The molecular formula is C15H17Cl2N3O. The van der Waals surface area contributed by atoms with Gasteiger partial charge in [0.2, 0.25) is 5.89 Å². The lowest BCUT2D eigenvalue weighted by atomic mass is 9.85. The number of aromatic nitrogens is 2. The highest BCUT2D eigenvalue weighted by Crippen LogP contribution is 2.31. The van der Waals surface area contributed by atoms with Crippen LogP contribution >= 0.6 is 23.2 Å². The molecule has 3 rings (SSSR count). The molecule has 0 radical (unpaired) electrons. The summed E-state index contributed by atoms with van der Waals surface area (Å²) in [4.78, 5) is 4.49. The highest BCUT2D eigenvalue weighted by Gasteiger charge is 2.28. The van der Waals surface area contributed by atoms with E-state index in [1.165, 1.54) is 6.42 Å². The average molecular weight is 326 g/mol. The molecule has 0 bridgehead atoms. The zero-order valence-corrected chi connectivity index (χ0v) is 13.1. The normalized spacial score (nSPS) is 22.4. The molecule has 112 valence electrons. The first-order valence-corrected chi connectivity index (χ1v) is 7.91. The number of benzene rings is 1.